The van der Waals surface area contributed by atoms with Crippen molar-refractivity contribution in [2.45, 2.75) is 116 Å². The topological polar surface area (TPSA) is 9.72 Å². The van der Waals surface area contributed by atoms with Gasteiger partial charge >= 0.3 is 0 Å². The summed E-state index contributed by atoms with van der Waals surface area (Å²) in [6.45, 7) is 24.3. The zero-order valence-electron chi connectivity index (χ0n) is 46.7. The summed E-state index contributed by atoms with van der Waals surface area (Å²) in [7, 11) is -2.28. The van der Waals surface area contributed by atoms with Crippen molar-refractivity contribution in [2.75, 3.05) is 14.7 Å². The third-order valence-electron chi connectivity index (χ3n) is 19.3. The molecular formula is C72H70BN3Si. The molecule has 0 amide bonds. The van der Waals surface area contributed by atoms with Gasteiger partial charge in [-0.3, -0.25) is 0 Å². The van der Waals surface area contributed by atoms with E-state index in [0.29, 0.717) is 0 Å². The highest BCUT2D eigenvalue weighted by Gasteiger charge is 2.59. The quantitative estimate of drug-likeness (QED) is 0.154. The molecule has 0 saturated heterocycles. The van der Waals surface area contributed by atoms with Crippen LogP contribution in [0, 0.1) is 0 Å². The van der Waals surface area contributed by atoms with Crippen molar-refractivity contribution in [3.63, 3.8) is 0 Å². The average molecular weight is 1020 g/mol. The zero-order valence-corrected chi connectivity index (χ0v) is 47.7. The summed E-state index contributed by atoms with van der Waals surface area (Å²) in [5, 5.41) is 3.09. The number of fused-ring (bicyclic) bond motifs is 3. The Labute approximate surface area is 459 Å². The van der Waals surface area contributed by atoms with Gasteiger partial charge in [0.05, 0.1) is 16.9 Å². The Morgan fingerprint density at radius 1 is 0.416 bits per heavy atom. The number of rotatable bonds is 6. The Morgan fingerprint density at radius 2 is 0.883 bits per heavy atom. The first kappa shape index (κ1) is 48.1. The van der Waals surface area contributed by atoms with Crippen LogP contribution in [0.4, 0.5) is 45.5 Å². The van der Waals surface area contributed by atoms with Crippen LogP contribution < -0.4 is 41.5 Å². The summed E-state index contributed by atoms with van der Waals surface area (Å²) in [6.07, 6.45) is 4.69. The zero-order chi connectivity index (χ0) is 53.0. The van der Waals surface area contributed by atoms with Gasteiger partial charge in [-0.2, -0.15) is 0 Å². The number of nitrogens with zero attached hydrogens (tertiary/aromatic N) is 3. The first-order chi connectivity index (χ1) is 37.0. The third-order valence-corrected chi connectivity index (χ3v) is 22.9. The van der Waals surface area contributed by atoms with Crippen LogP contribution >= 0.6 is 0 Å². The smallest absolute Gasteiger partial charge is 0.251 e. The van der Waals surface area contributed by atoms with E-state index in [4.69, 9.17) is 0 Å². The molecule has 5 heteroatoms. The van der Waals surface area contributed by atoms with E-state index in [1.807, 2.05) is 0 Å². The maximum absolute atomic E-state index is 2.83. The summed E-state index contributed by atoms with van der Waals surface area (Å²) in [4.78, 5) is 8.25. The molecule has 9 aromatic rings. The van der Waals surface area contributed by atoms with Gasteiger partial charge in [0, 0.05) is 50.7 Å². The number of para-hydroxylation sites is 2. The molecule has 5 aliphatic rings. The van der Waals surface area contributed by atoms with Crippen LogP contribution in [0.3, 0.4) is 0 Å². The van der Waals surface area contributed by atoms with Gasteiger partial charge in [0.1, 0.15) is 8.07 Å². The van der Waals surface area contributed by atoms with E-state index in [0.717, 1.165) is 12.8 Å². The van der Waals surface area contributed by atoms with Crippen molar-refractivity contribution in [1.82, 2.24) is 0 Å². The predicted molar refractivity (Wildman–Crippen MR) is 334 cm³/mol. The van der Waals surface area contributed by atoms with E-state index < -0.39 is 8.07 Å². The molecule has 380 valence electrons. The molecule has 0 spiro atoms. The summed E-state index contributed by atoms with van der Waals surface area (Å²) in [6, 6.07) is 75.6. The number of hydrogen-bond donors (Lipinski definition) is 0. The van der Waals surface area contributed by atoms with Crippen LogP contribution in [0.25, 0.3) is 33.4 Å². The largest absolute Gasteiger partial charge is 0.334 e. The lowest BCUT2D eigenvalue weighted by atomic mass is 9.33. The fourth-order valence-electron chi connectivity index (χ4n) is 15.0. The SMILES string of the molecule is CC(C)(C)c1ccc(-c2ccccc2N2c3cc(N4c5ccc(-c6ccccc6)cc5C5(C)CCCCC45C)cc4c3B3c5c2cccc5[Si](C)(C)c2cccc(c23)N4c2ccccc2-c2ccc(C(C)(C)C)cc2)cc1. The molecule has 77 heavy (non-hydrogen) atoms. The minimum atomic E-state index is -2.28. The maximum atomic E-state index is 2.83. The predicted octanol–water partition coefficient (Wildman–Crippen LogP) is 16.2. The average Bonchev–Trinajstić information content (AvgIpc) is 3.86. The second-order valence-electron chi connectivity index (χ2n) is 26.0. The fraction of sp³-hybridized carbons (Fsp3) is 0.250. The van der Waals surface area contributed by atoms with Gasteiger partial charge in [0.25, 0.3) is 6.71 Å². The molecule has 1 fully saturated rings. The summed E-state index contributed by atoms with van der Waals surface area (Å²) in [5.41, 5.74) is 26.0. The van der Waals surface area contributed by atoms with E-state index in [2.05, 4.69) is 277 Å². The van der Waals surface area contributed by atoms with Gasteiger partial charge in [0.2, 0.25) is 0 Å². The molecule has 1 aliphatic carbocycles. The molecule has 0 aromatic heterocycles. The van der Waals surface area contributed by atoms with Crippen LogP contribution in [0.5, 0.6) is 0 Å². The molecule has 0 N–H and O–H groups in total. The summed E-state index contributed by atoms with van der Waals surface area (Å²) >= 11 is 0. The maximum Gasteiger partial charge on any atom is 0.251 e. The Morgan fingerprint density at radius 3 is 1.40 bits per heavy atom. The molecule has 4 heterocycles. The second kappa shape index (κ2) is 16.8. The molecule has 0 bridgehead atoms. The van der Waals surface area contributed by atoms with Crippen LogP contribution in [-0.2, 0) is 16.2 Å². The van der Waals surface area contributed by atoms with E-state index in [1.165, 1.54) is 125 Å². The van der Waals surface area contributed by atoms with Gasteiger partial charge in [-0.25, -0.2) is 0 Å². The first-order valence-electron chi connectivity index (χ1n) is 28.4. The van der Waals surface area contributed by atoms with Gasteiger partial charge in [-0.15, -0.1) is 0 Å². The van der Waals surface area contributed by atoms with Crippen LogP contribution in [0.15, 0.2) is 194 Å². The first-order valence-corrected chi connectivity index (χ1v) is 31.4. The molecule has 4 aliphatic heterocycles. The Bertz CT molecular complexity index is 3680. The molecule has 14 rings (SSSR count). The fourth-order valence-corrected chi connectivity index (χ4v) is 18.2. The minimum absolute atomic E-state index is 0.0527. The molecule has 3 nitrogen and oxygen atoms in total. The standard InChI is InChI=1S/C72H70BN3Si/c1-69(2,3)51-37-32-48(33-38-51)54-24-14-16-26-57(54)74-60-28-20-30-64-67(60)73-66-62(74)45-53(76-59-41-36-50(47-22-12-11-13-23-47)44-56(59)71(7)42-18-19-43-72(71,76)8)46-63(66)75(61-29-21-31-65(68(61)73)77(64,9)10)58-27-17-15-25-55(58)49-34-39-52(40-35-49)70(4,5)6/h11-17,20-41,44-46H,18-19,42-43H2,1-10H3. The van der Waals surface area contributed by atoms with E-state index in [-0.39, 0.29) is 28.5 Å². The lowest BCUT2D eigenvalue weighted by molar-refractivity contribution is 0.195. The minimum Gasteiger partial charge on any atom is -0.334 e. The van der Waals surface area contributed by atoms with Crippen LogP contribution in [0.2, 0.25) is 13.1 Å². The highest BCUT2D eigenvalue weighted by Crippen LogP contribution is 2.62. The van der Waals surface area contributed by atoms with E-state index in [9.17, 15) is 0 Å². The summed E-state index contributed by atoms with van der Waals surface area (Å²) < 4.78 is 0. The van der Waals surface area contributed by atoms with Crippen LogP contribution in [0.1, 0.15) is 97.8 Å². The monoisotopic (exact) mass is 1020 g/mol. The van der Waals surface area contributed by atoms with E-state index >= 15 is 0 Å². The van der Waals surface area contributed by atoms with Crippen molar-refractivity contribution < 1.29 is 0 Å². The Kier molecular flexibility index (Phi) is 10.5. The third kappa shape index (κ3) is 6.94. The van der Waals surface area contributed by atoms with Crippen LogP contribution in [-0.4, -0.2) is 20.3 Å². The van der Waals surface area contributed by atoms with Crippen molar-refractivity contribution in [2.24, 2.45) is 0 Å². The van der Waals surface area contributed by atoms with Gasteiger partial charge in [0.15, 0.2) is 0 Å². The Hall–Kier alpha value is -7.34. The molecule has 0 radical (unpaired) electrons. The molecule has 9 aromatic carbocycles. The van der Waals surface area contributed by atoms with Crippen molar-refractivity contribution in [3.8, 4) is 33.4 Å². The van der Waals surface area contributed by atoms with Gasteiger partial charge < -0.3 is 14.7 Å². The normalized spacial score (nSPS) is 19.5. The van der Waals surface area contributed by atoms with Crippen molar-refractivity contribution in [1.29, 1.82) is 0 Å². The lowest BCUT2D eigenvalue weighted by Crippen LogP contribution is -2.79. The van der Waals surface area contributed by atoms with Crippen molar-refractivity contribution >= 4 is 87.0 Å². The number of benzene rings is 9. The lowest BCUT2D eigenvalue weighted by Gasteiger charge is -2.52. The second-order valence-corrected chi connectivity index (χ2v) is 30.4. The molecule has 2 unspecified atom stereocenters. The molecule has 1 saturated carbocycles. The molecule has 2 atom stereocenters. The van der Waals surface area contributed by atoms with Crippen molar-refractivity contribution in [3.05, 3.63) is 211 Å². The highest BCUT2D eigenvalue weighted by atomic mass is 28.3. The highest BCUT2D eigenvalue weighted by molar-refractivity contribution is 7.16. The van der Waals surface area contributed by atoms with E-state index in [1.54, 1.807) is 10.4 Å². The van der Waals surface area contributed by atoms with Gasteiger partial charge in [-0.05, 0) is 134 Å². The Balaban J connectivity index is 1.09. The molecular weight excluding hydrogens is 946 g/mol. The number of hydrogen-bond acceptors (Lipinski definition) is 3. The summed E-state index contributed by atoms with van der Waals surface area (Å²) in [5.74, 6) is 0. The number of anilines is 8. The van der Waals surface area contributed by atoms with Gasteiger partial charge in [-0.1, -0.05) is 230 Å².